The molecule has 0 aliphatic rings. The van der Waals surface area contributed by atoms with Crippen molar-refractivity contribution in [3.05, 3.63) is 35.4 Å². The third-order valence-corrected chi connectivity index (χ3v) is 1.79. The van der Waals surface area contributed by atoms with Gasteiger partial charge in [-0.3, -0.25) is 4.79 Å². The summed E-state index contributed by atoms with van der Waals surface area (Å²) in [5, 5.41) is -0.386. The molecular formula is C11H12Cl2O2. The number of benzene rings is 1. The van der Waals surface area contributed by atoms with Crippen molar-refractivity contribution >= 4 is 34.7 Å². The lowest BCUT2D eigenvalue weighted by molar-refractivity contribution is -0.111. The number of hydrogen-bond acceptors (Lipinski definition) is 2. The van der Waals surface area contributed by atoms with Crippen LogP contribution in [0.4, 0.5) is 0 Å². The van der Waals surface area contributed by atoms with Gasteiger partial charge in [0.25, 0.3) is 0 Å². The molecule has 0 heterocycles. The molecule has 0 N–H and O–H groups in total. The van der Waals surface area contributed by atoms with Crippen LogP contribution in [0.2, 0.25) is 0 Å². The van der Waals surface area contributed by atoms with Crippen LogP contribution < -0.4 is 0 Å². The van der Waals surface area contributed by atoms with E-state index in [-0.39, 0.29) is 11.7 Å². The van der Waals surface area contributed by atoms with Crippen LogP contribution in [0.5, 0.6) is 0 Å². The first kappa shape index (κ1) is 14.1. The van der Waals surface area contributed by atoms with Gasteiger partial charge >= 0.3 is 0 Å². The minimum absolute atomic E-state index is 0.217. The van der Waals surface area contributed by atoms with E-state index in [0.29, 0.717) is 6.42 Å². The van der Waals surface area contributed by atoms with E-state index in [1.807, 2.05) is 24.3 Å². The zero-order valence-corrected chi connectivity index (χ0v) is 9.89. The minimum atomic E-state index is -0.386. The number of carbonyl (C=O) groups excluding carboxylic acids is 2. The third kappa shape index (κ3) is 6.26. The third-order valence-electron chi connectivity index (χ3n) is 1.65. The van der Waals surface area contributed by atoms with Gasteiger partial charge in [-0.15, -0.1) is 11.6 Å². The molecule has 1 aromatic carbocycles. The molecule has 0 fully saturated rings. The van der Waals surface area contributed by atoms with Gasteiger partial charge in [-0.05, 0) is 22.7 Å². The van der Waals surface area contributed by atoms with Gasteiger partial charge in [-0.2, -0.15) is 0 Å². The second kappa shape index (κ2) is 8.45. The lowest BCUT2D eigenvalue weighted by Gasteiger charge is -1.99. The highest BCUT2D eigenvalue weighted by Crippen LogP contribution is 2.07. The van der Waals surface area contributed by atoms with Crippen LogP contribution >= 0.6 is 23.2 Å². The van der Waals surface area contributed by atoms with E-state index in [2.05, 4.69) is 11.6 Å². The van der Waals surface area contributed by atoms with E-state index >= 15 is 0 Å². The number of carbonyl (C=O) groups is 2. The van der Waals surface area contributed by atoms with Crippen LogP contribution in [0.1, 0.15) is 11.1 Å². The zero-order chi connectivity index (χ0) is 11.7. The summed E-state index contributed by atoms with van der Waals surface area (Å²) in [5.41, 5.74) is 1.75. The molecule has 0 saturated heterocycles. The topological polar surface area (TPSA) is 34.1 Å². The lowest BCUT2D eigenvalue weighted by Crippen LogP contribution is -1.95. The van der Waals surface area contributed by atoms with Crippen molar-refractivity contribution in [3.8, 4) is 0 Å². The number of aldehydes is 1. The van der Waals surface area contributed by atoms with Gasteiger partial charge in [-0.25, -0.2) is 0 Å². The molecule has 1 aromatic rings. The molecule has 0 unspecified atom stereocenters. The SMILES string of the molecule is CCl.O=CCc1cccc(CC(=O)Cl)c1. The lowest BCUT2D eigenvalue weighted by atomic mass is 10.1. The quantitative estimate of drug-likeness (QED) is 0.465. The molecule has 82 valence electrons. The van der Waals surface area contributed by atoms with Crippen LogP contribution in [-0.4, -0.2) is 17.9 Å². The fourth-order valence-electron chi connectivity index (χ4n) is 1.12. The minimum Gasteiger partial charge on any atom is -0.303 e. The Kier molecular flexibility index (Phi) is 7.96. The summed E-state index contributed by atoms with van der Waals surface area (Å²) in [6.07, 6.45) is 2.90. The van der Waals surface area contributed by atoms with Crippen molar-refractivity contribution < 1.29 is 9.59 Å². The fraction of sp³-hybridized carbons (Fsp3) is 0.273. The largest absolute Gasteiger partial charge is 0.303 e. The summed E-state index contributed by atoms with van der Waals surface area (Å²) in [4.78, 5) is 20.8. The maximum atomic E-state index is 10.6. The highest BCUT2D eigenvalue weighted by atomic mass is 35.5. The number of halogens is 2. The van der Waals surface area contributed by atoms with Crippen molar-refractivity contribution in [2.75, 3.05) is 6.38 Å². The van der Waals surface area contributed by atoms with Crippen LogP contribution in [0, 0.1) is 0 Å². The molecule has 0 atom stereocenters. The molecule has 0 bridgehead atoms. The van der Waals surface area contributed by atoms with Crippen molar-refractivity contribution in [3.63, 3.8) is 0 Å². The maximum Gasteiger partial charge on any atom is 0.226 e. The summed E-state index contributed by atoms with van der Waals surface area (Å²) in [6, 6.07) is 7.29. The second-order valence-electron chi connectivity index (χ2n) is 2.72. The molecule has 0 spiro atoms. The van der Waals surface area contributed by atoms with E-state index in [1.165, 1.54) is 6.38 Å². The predicted octanol–water partition coefficient (Wildman–Crippen LogP) is 2.59. The molecule has 0 radical (unpaired) electrons. The van der Waals surface area contributed by atoms with E-state index < -0.39 is 0 Å². The highest BCUT2D eigenvalue weighted by Gasteiger charge is 2.00. The number of alkyl halides is 1. The maximum absolute atomic E-state index is 10.6. The van der Waals surface area contributed by atoms with E-state index in [4.69, 9.17) is 11.6 Å². The standard InChI is InChI=1S/C10H9ClO2.CH3Cl/c11-10(13)7-9-3-1-2-8(6-9)4-5-12;1-2/h1-3,5-6H,4,7H2;1H3. The smallest absolute Gasteiger partial charge is 0.226 e. The molecule has 0 aromatic heterocycles. The van der Waals surface area contributed by atoms with Gasteiger partial charge in [0.15, 0.2) is 0 Å². The molecule has 0 aliphatic carbocycles. The van der Waals surface area contributed by atoms with Gasteiger partial charge in [0.05, 0.1) is 0 Å². The summed E-state index contributed by atoms with van der Waals surface area (Å²) >= 11 is 9.87. The van der Waals surface area contributed by atoms with Crippen LogP contribution in [-0.2, 0) is 22.4 Å². The first-order valence-corrected chi connectivity index (χ1v) is 5.43. The van der Waals surface area contributed by atoms with E-state index in [0.717, 1.165) is 17.4 Å². The summed E-state index contributed by atoms with van der Waals surface area (Å²) in [7, 11) is 0. The normalized spacial score (nSPS) is 8.73. The summed E-state index contributed by atoms with van der Waals surface area (Å²) in [5.74, 6) is 0. The van der Waals surface area contributed by atoms with Crippen molar-refractivity contribution in [2.24, 2.45) is 0 Å². The van der Waals surface area contributed by atoms with Gasteiger partial charge in [0.2, 0.25) is 5.24 Å². The molecular weight excluding hydrogens is 235 g/mol. The summed E-state index contributed by atoms with van der Waals surface area (Å²) < 4.78 is 0. The van der Waals surface area contributed by atoms with E-state index in [9.17, 15) is 9.59 Å². The van der Waals surface area contributed by atoms with Crippen molar-refractivity contribution in [1.29, 1.82) is 0 Å². The predicted molar refractivity (Wildman–Crippen MR) is 62.6 cm³/mol. The first-order valence-electron chi connectivity index (χ1n) is 4.30. The van der Waals surface area contributed by atoms with E-state index in [1.54, 1.807) is 0 Å². The number of hydrogen-bond donors (Lipinski definition) is 0. The van der Waals surface area contributed by atoms with Gasteiger partial charge in [0.1, 0.15) is 6.29 Å². The Morgan fingerprint density at radius 3 is 2.47 bits per heavy atom. The monoisotopic (exact) mass is 246 g/mol. The fourth-order valence-corrected chi connectivity index (χ4v) is 1.28. The second-order valence-corrected chi connectivity index (χ2v) is 3.14. The molecule has 2 nitrogen and oxygen atoms in total. The average molecular weight is 247 g/mol. The van der Waals surface area contributed by atoms with Crippen LogP contribution in [0.3, 0.4) is 0 Å². The van der Waals surface area contributed by atoms with Gasteiger partial charge in [-0.1, -0.05) is 24.3 Å². The molecule has 0 amide bonds. The Labute approximate surface area is 99.2 Å². The van der Waals surface area contributed by atoms with Gasteiger partial charge in [0, 0.05) is 19.2 Å². The van der Waals surface area contributed by atoms with Gasteiger partial charge < -0.3 is 4.79 Å². The molecule has 4 heteroatoms. The zero-order valence-electron chi connectivity index (χ0n) is 8.37. The molecule has 0 aliphatic heterocycles. The summed E-state index contributed by atoms with van der Waals surface area (Å²) in [6.45, 7) is 0. The average Bonchev–Trinajstić information content (AvgIpc) is 2.21. The first-order chi connectivity index (χ1) is 7.22. The highest BCUT2D eigenvalue weighted by molar-refractivity contribution is 6.63. The van der Waals surface area contributed by atoms with Crippen LogP contribution in [0.15, 0.2) is 24.3 Å². The Bertz CT molecular complexity index is 324. The Balaban J connectivity index is 0.000000921. The Morgan fingerprint density at radius 2 is 1.93 bits per heavy atom. The Morgan fingerprint density at radius 1 is 1.33 bits per heavy atom. The van der Waals surface area contributed by atoms with Crippen molar-refractivity contribution in [1.82, 2.24) is 0 Å². The van der Waals surface area contributed by atoms with Crippen molar-refractivity contribution in [2.45, 2.75) is 12.8 Å². The Hall–Kier alpha value is -0.860. The molecule has 1 rings (SSSR count). The molecule has 0 saturated carbocycles. The molecule has 15 heavy (non-hydrogen) atoms. The number of rotatable bonds is 4. The van der Waals surface area contributed by atoms with Crippen LogP contribution in [0.25, 0.3) is 0 Å².